The van der Waals surface area contributed by atoms with E-state index in [9.17, 15) is 4.79 Å². The average Bonchev–Trinajstić information content (AvgIpc) is 2.83. The molecule has 0 radical (unpaired) electrons. The van der Waals surface area contributed by atoms with Crippen molar-refractivity contribution in [3.8, 4) is 17.1 Å². The van der Waals surface area contributed by atoms with Crippen LogP contribution in [0.25, 0.3) is 22.3 Å². The number of hydrogen-bond donors (Lipinski definition) is 1. The van der Waals surface area contributed by atoms with E-state index in [-0.39, 0.29) is 12.5 Å². The van der Waals surface area contributed by atoms with Crippen LogP contribution in [0.2, 0.25) is 0 Å². The van der Waals surface area contributed by atoms with Gasteiger partial charge in [-0.25, -0.2) is 9.97 Å². The van der Waals surface area contributed by atoms with Crippen molar-refractivity contribution in [1.29, 1.82) is 0 Å². The zero-order valence-corrected chi connectivity index (χ0v) is 17.4. The number of para-hydroxylation sites is 3. The summed E-state index contributed by atoms with van der Waals surface area (Å²) in [6.45, 7) is 2.75. The zero-order chi connectivity index (χ0) is 21.6. The quantitative estimate of drug-likeness (QED) is 0.490. The smallest absolute Gasteiger partial charge is 0.244 e. The SMILES string of the molecule is CCN(CC(=O)Nc1ccccc1OC)c1nc(-c2ccncc2)nc2ccccc12. The molecule has 0 spiro atoms. The first kappa shape index (κ1) is 20.3. The van der Waals surface area contributed by atoms with Crippen LogP contribution in [0.5, 0.6) is 5.75 Å². The van der Waals surface area contributed by atoms with Gasteiger partial charge in [-0.1, -0.05) is 24.3 Å². The third-order valence-corrected chi connectivity index (χ3v) is 4.92. The fourth-order valence-corrected chi connectivity index (χ4v) is 3.38. The van der Waals surface area contributed by atoms with Gasteiger partial charge in [-0.3, -0.25) is 9.78 Å². The Morgan fingerprint density at radius 1 is 1.00 bits per heavy atom. The Morgan fingerprint density at radius 3 is 2.52 bits per heavy atom. The first-order valence-electron chi connectivity index (χ1n) is 10.0. The molecule has 0 unspecified atom stereocenters. The van der Waals surface area contributed by atoms with E-state index in [4.69, 9.17) is 14.7 Å². The Bertz CT molecular complexity index is 1200. The Labute approximate surface area is 180 Å². The maximum Gasteiger partial charge on any atom is 0.244 e. The van der Waals surface area contributed by atoms with E-state index in [1.165, 1.54) is 0 Å². The molecular weight excluding hydrogens is 390 g/mol. The number of anilines is 2. The summed E-state index contributed by atoms with van der Waals surface area (Å²) in [5.41, 5.74) is 2.33. The molecule has 1 amide bonds. The number of amides is 1. The number of rotatable bonds is 7. The minimum Gasteiger partial charge on any atom is -0.495 e. The number of nitrogens with one attached hydrogen (secondary N) is 1. The van der Waals surface area contributed by atoms with E-state index in [2.05, 4.69) is 10.3 Å². The van der Waals surface area contributed by atoms with Gasteiger partial charge in [-0.05, 0) is 43.3 Å². The second kappa shape index (κ2) is 9.21. The van der Waals surface area contributed by atoms with Gasteiger partial charge in [-0.2, -0.15) is 0 Å². The van der Waals surface area contributed by atoms with Crippen molar-refractivity contribution in [2.24, 2.45) is 0 Å². The monoisotopic (exact) mass is 413 g/mol. The normalized spacial score (nSPS) is 10.6. The van der Waals surface area contributed by atoms with Crippen molar-refractivity contribution in [3.63, 3.8) is 0 Å². The van der Waals surface area contributed by atoms with Crippen LogP contribution in [0, 0.1) is 0 Å². The molecule has 0 bridgehead atoms. The van der Waals surface area contributed by atoms with Gasteiger partial charge in [0, 0.05) is 29.9 Å². The number of benzene rings is 2. The van der Waals surface area contributed by atoms with E-state index in [0.717, 1.165) is 22.3 Å². The zero-order valence-electron chi connectivity index (χ0n) is 17.4. The fourth-order valence-electron chi connectivity index (χ4n) is 3.38. The highest BCUT2D eigenvalue weighted by molar-refractivity contribution is 5.97. The summed E-state index contributed by atoms with van der Waals surface area (Å²) in [5, 5.41) is 3.83. The van der Waals surface area contributed by atoms with Gasteiger partial charge < -0.3 is 15.0 Å². The van der Waals surface area contributed by atoms with Crippen molar-refractivity contribution >= 4 is 28.3 Å². The number of fused-ring (bicyclic) bond motifs is 1. The lowest BCUT2D eigenvalue weighted by atomic mass is 10.2. The number of likely N-dealkylation sites (N-methyl/N-ethyl adjacent to an activating group) is 1. The number of aromatic nitrogens is 3. The van der Waals surface area contributed by atoms with Gasteiger partial charge in [0.15, 0.2) is 5.82 Å². The molecule has 7 nitrogen and oxygen atoms in total. The first-order chi connectivity index (χ1) is 15.2. The number of carbonyl (C=O) groups excluding carboxylic acids is 1. The molecule has 0 fully saturated rings. The molecule has 0 saturated carbocycles. The molecule has 2 aromatic heterocycles. The summed E-state index contributed by atoms with van der Waals surface area (Å²) >= 11 is 0. The molecular formula is C24H23N5O2. The molecule has 31 heavy (non-hydrogen) atoms. The summed E-state index contributed by atoms with van der Waals surface area (Å²) < 4.78 is 5.33. The van der Waals surface area contributed by atoms with Gasteiger partial charge >= 0.3 is 0 Å². The van der Waals surface area contributed by atoms with Crippen LogP contribution in [0.1, 0.15) is 6.92 Å². The molecule has 4 aromatic rings. The van der Waals surface area contributed by atoms with Crippen LogP contribution in [0.3, 0.4) is 0 Å². The summed E-state index contributed by atoms with van der Waals surface area (Å²) in [5.74, 6) is 1.78. The van der Waals surface area contributed by atoms with Gasteiger partial charge in [0.25, 0.3) is 0 Å². The van der Waals surface area contributed by atoms with Gasteiger partial charge in [0.1, 0.15) is 11.6 Å². The highest BCUT2D eigenvalue weighted by Gasteiger charge is 2.18. The molecule has 0 aliphatic carbocycles. The second-order valence-corrected chi connectivity index (χ2v) is 6.89. The van der Waals surface area contributed by atoms with Gasteiger partial charge in [-0.15, -0.1) is 0 Å². The Morgan fingerprint density at radius 2 is 1.74 bits per heavy atom. The van der Waals surface area contributed by atoms with Crippen LogP contribution in [0.4, 0.5) is 11.5 Å². The van der Waals surface area contributed by atoms with E-state index in [1.807, 2.05) is 72.5 Å². The average molecular weight is 413 g/mol. The van der Waals surface area contributed by atoms with Crippen molar-refractivity contribution in [2.75, 3.05) is 30.4 Å². The van der Waals surface area contributed by atoms with Crippen LogP contribution >= 0.6 is 0 Å². The van der Waals surface area contributed by atoms with Crippen molar-refractivity contribution < 1.29 is 9.53 Å². The minimum atomic E-state index is -0.153. The number of hydrogen-bond acceptors (Lipinski definition) is 6. The van der Waals surface area contributed by atoms with E-state index in [1.54, 1.807) is 19.5 Å². The summed E-state index contributed by atoms with van der Waals surface area (Å²) in [6.07, 6.45) is 3.43. The molecule has 2 heterocycles. The first-order valence-corrected chi connectivity index (χ1v) is 10.0. The number of nitrogens with zero attached hydrogens (tertiary/aromatic N) is 4. The third kappa shape index (κ3) is 4.45. The third-order valence-electron chi connectivity index (χ3n) is 4.92. The molecule has 2 aromatic carbocycles. The number of methoxy groups -OCH3 is 1. The summed E-state index contributed by atoms with van der Waals surface area (Å²) in [7, 11) is 1.58. The topological polar surface area (TPSA) is 80.2 Å². The maximum absolute atomic E-state index is 12.9. The van der Waals surface area contributed by atoms with Gasteiger partial charge in [0.2, 0.25) is 5.91 Å². The summed E-state index contributed by atoms with van der Waals surface area (Å²) in [4.78, 5) is 28.4. The molecule has 156 valence electrons. The van der Waals surface area contributed by atoms with Gasteiger partial charge in [0.05, 0.1) is 24.9 Å². The molecule has 7 heteroatoms. The lowest BCUT2D eigenvalue weighted by Crippen LogP contribution is -2.34. The van der Waals surface area contributed by atoms with Crippen molar-refractivity contribution in [1.82, 2.24) is 15.0 Å². The summed E-state index contributed by atoms with van der Waals surface area (Å²) in [6, 6.07) is 18.9. The van der Waals surface area contributed by atoms with Crippen LogP contribution in [-0.4, -0.2) is 41.1 Å². The predicted molar refractivity (Wildman–Crippen MR) is 122 cm³/mol. The highest BCUT2D eigenvalue weighted by atomic mass is 16.5. The van der Waals surface area contributed by atoms with Crippen LogP contribution < -0.4 is 15.0 Å². The Balaban J connectivity index is 1.67. The lowest BCUT2D eigenvalue weighted by Gasteiger charge is -2.23. The molecule has 1 N–H and O–H groups in total. The fraction of sp³-hybridized carbons (Fsp3) is 0.167. The van der Waals surface area contributed by atoms with Crippen molar-refractivity contribution in [3.05, 3.63) is 73.1 Å². The number of pyridine rings is 1. The van der Waals surface area contributed by atoms with E-state index < -0.39 is 0 Å². The van der Waals surface area contributed by atoms with Crippen molar-refractivity contribution in [2.45, 2.75) is 6.92 Å². The predicted octanol–water partition coefficient (Wildman–Crippen LogP) is 4.17. The Hall–Kier alpha value is -4.00. The molecule has 0 aliphatic rings. The maximum atomic E-state index is 12.9. The lowest BCUT2D eigenvalue weighted by molar-refractivity contribution is -0.115. The molecule has 0 atom stereocenters. The molecule has 0 saturated heterocycles. The van der Waals surface area contributed by atoms with Crippen LogP contribution in [0.15, 0.2) is 73.1 Å². The van der Waals surface area contributed by atoms with E-state index >= 15 is 0 Å². The van der Waals surface area contributed by atoms with Crippen LogP contribution in [-0.2, 0) is 4.79 Å². The number of ether oxygens (including phenoxy) is 1. The number of carbonyl (C=O) groups is 1. The Kier molecular flexibility index (Phi) is 6.03. The molecule has 0 aliphatic heterocycles. The van der Waals surface area contributed by atoms with E-state index in [0.29, 0.717) is 23.8 Å². The largest absolute Gasteiger partial charge is 0.495 e. The minimum absolute atomic E-state index is 0.144. The highest BCUT2D eigenvalue weighted by Crippen LogP contribution is 2.28. The molecule has 4 rings (SSSR count). The standard InChI is InChI=1S/C24H23N5O2/c1-3-29(16-22(30)26-20-10-6-7-11-21(20)31-2)24-18-8-4-5-9-19(18)27-23(28-24)17-12-14-25-15-13-17/h4-15H,3,16H2,1-2H3,(H,26,30). The second-order valence-electron chi connectivity index (χ2n) is 6.89.